The van der Waals surface area contributed by atoms with Crippen molar-refractivity contribution in [3.8, 4) is 0 Å². The molecule has 0 aliphatic carbocycles. The molecule has 0 bridgehead atoms. The number of carbonyl (C=O) groups excluding carboxylic acids is 7. The first-order valence-corrected chi connectivity index (χ1v) is 22.3. The zero-order chi connectivity index (χ0) is 48.3. The number of aromatic nitrogens is 3. The zero-order valence-corrected chi connectivity index (χ0v) is 38.4. The van der Waals surface area contributed by atoms with Crippen LogP contribution in [0.4, 0.5) is 21.1 Å². The number of ether oxygens (including phenoxy) is 3. The number of alkyl carbamates (subject to hydrolysis) is 1. The van der Waals surface area contributed by atoms with Crippen LogP contribution in [0.3, 0.4) is 0 Å². The number of hydrogen-bond donors (Lipinski definition) is 7. The first-order chi connectivity index (χ1) is 32.2. The van der Waals surface area contributed by atoms with Crippen LogP contribution in [0.2, 0.25) is 0 Å². The average Bonchev–Trinajstić information content (AvgIpc) is 3.83. The summed E-state index contributed by atoms with van der Waals surface area (Å²) in [6, 6.07) is 12.8. The van der Waals surface area contributed by atoms with Gasteiger partial charge in [-0.25, -0.2) is 19.6 Å². The van der Waals surface area contributed by atoms with E-state index in [9.17, 15) is 33.6 Å². The Morgan fingerprint density at radius 2 is 1.60 bits per heavy atom. The third-order valence-electron chi connectivity index (χ3n) is 10.6. The number of hydrogen-bond acceptors (Lipinski definition) is 13. The molecule has 360 valence electrons. The second-order valence-electron chi connectivity index (χ2n) is 16.3. The van der Waals surface area contributed by atoms with Gasteiger partial charge in [-0.1, -0.05) is 36.8 Å². The molecule has 0 fully saturated rings. The van der Waals surface area contributed by atoms with Gasteiger partial charge >= 0.3 is 12.1 Å². The molecule has 0 saturated carbocycles. The molecule has 0 spiro atoms. The van der Waals surface area contributed by atoms with Crippen LogP contribution in [0.1, 0.15) is 70.7 Å². The monoisotopic (exact) mass is 927 g/mol. The lowest BCUT2D eigenvalue weighted by atomic mass is 10.1. The van der Waals surface area contributed by atoms with Gasteiger partial charge in [-0.15, -0.1) is 0 Å². The number of primary amides is 1. The van der Waals surface area contributed by atoms with E-state index in [1.54, 1.807) is 24.3 Å². The highest BCUT2D eigenvalue weighted by molar-refractivity contribution is 6.13. The van der Waals surface area contributed by atoms with Gasteiger partial charge in [0.25, 0.3) is 11.8 Å². The SMILES string of the molecule is CCOCc1nc2c(NC)nc3ccccc3c2n1CC(C)(C)OCCNC(=O)OCc1ccc(NC(=O)[C@H](CCCNC(N)=O)NC(=O)CNC(=O)CCCCCN2C(=O)C=CC2=O)cc1. The quantitative estimate of drug-likeness (QED) is 0.0334. The predicted octanol–water partition coefficient (Wildman–Crippen LogP) is 3.36. The van der Waals surface area contributed by atoms with E-state index in [0.717, 1.165) is 32.7 Å². The lowest BCUT2D eigenvalue weighted by Gasteiger charge is -2.27. The van der Waals surface area contributed by atoms with Crippen molar-refractivity contribution in [1.29, 1.82) is 0 Å². The van der Waals surface area contributed by atoms with Crippen molar-refractivity contribution in [2.45, 2.75) is 90.7 Å². The number of nitrogens with two attached hydrogens (primary N) is 1. The van der Waals surface area contributed by atoms with Crippen LogP contribution in [0.25, 0.3) is 21.9 Å². The van der Waals surface area contributed by atoms with Crippen molar-refractivity contribution in [3.63, 3.8) is 0 Å². The number of rotatable bonds is 27. The van der Waals surface area contributed by atoms with E-state index in [-0.39, 0.29) is 70.0 Å². The van der Waals surface area contributed by atoms with E-state index in [2.05, 4.69) is 36.5 Å². The van der Waals surface area contributed by atoms with Gasteiger partial charge in [0.05, 0.1) is 36.3 Å². The second kappa shape index (κ2) is 25.0. The Morgan fingerprint density at radius 1 is 0.851 bits per heavy atom. The van der Waals surface area contributed by atoms with Crippen molar-refractivity contribution in [3.05, 3.63) is 72.1 Å². The molecule has 8 amide bonds. The summed E-state index contributed by atoms with van der Waals surface area (Å²) in [5, 5.41) is 17.2. The van der Waals surface area contributed by atoms with Gasteiger partial charge in [0.15, 0.2) is 5.82 Å². The van der Waals surface area contributed by atoms with Gasteiger partial charge in [0.2, 0.25) is 17.7 Å². The van der Waals surface area contributed by atoms with Gasteiger partial charge in [-0.3, -0.25) is 28.9 Å². The van der Waals surface area contributed by atoms with E-state index in [0.29, 0.717) is 62.5 Å². The molecule has 0 radical (unpaired) electrons. The fourth-order valence-corrected chi connectivity index (χ4v) is 7.23. The number of amides is 8. The highest BCUT2D eigenvalue weighted by Gasteiger charge is 2.26. The number of benzene rings is 2. The number of pyridine rings is 1. The number of nitrogens with one attached hydrogen (secondary N) is 6. The van der Waals surface area contributed by atoms with E-state index in [1.807, 2.05) is 52.1 Å². The number of nitrogens with zero attached hydrogens (tertiary/aromatic N) is 4. The Morgan fingerprint density at radius 3 is 2.31 bits per heavy atom. The topological polar surface area (TPSA) is 279 Å². The first-order valence-electron chi connectivity index (χ1n) is 22.3. The second-order valence-corrected chi connectivity index (χ2v) is 16.3. The number of carbonyl (C=O) groups is 7. The van der Waals surface area contributed by atoms with Crippen molar-refractivity contribution < 1.29 is 47.8 Å². The van der Waals surface area contributed by atoms with Gasteiger partial charge in [0.1, 0.15) is 30.6 Å². The van der Waals surface area contributed by atoms with Crippen molar-refractivity contribution in [2.75, 3.05) is 57.1 Å². The largest absolute Gasteiger partial charge is 0.445 e. The molecular formula is C46H61N11O10. The Kier molecular flexibility index (Phi) is 19.0. The Hall–Kier alpha value is -7.13. The Balaban J connectivity index is 1.04. The molecule has 1 aliphatic rings. The Labute approximate surface area is 388 Å². The first kappa shape index (κ1) is 50.9. The summed E-state index contributed by atoms with van der Waals surface area (Å²) in [7, 11) is 1.82. The maximum atomic E-state index is 13.3. The number of fused-ring (bicyclic) bond motifs is 3. The molecule has 21 heteroatoms. The fourth-order valence-electron chi connectivity index (χ4n) is 7.23. The summed E-state index contributed by atoms with van der Waals surface area (Å²) >= 11 is 0. The van der Waals surface area contributed by atoms with E-state index in [1.165, 1.54) is 12.2 Å². The molecule has 2 aromatic heterocycles. The van der Waals surface area contributed by atoms with Crippen LogP contribution < -0.4 is 37.6 Å². The molecule has 2 aromatic carbocycles. The molecule has 0 saturated heterocycles. The molecule has 4 aromatic rings. The molecule has 21 nitrogen and oxygen atoms in total. The van der Waals surface area contributed by atoms with Crippen molar-refractivity contribution in [1.82, 2.24) is 40.7 Å². The standard InChI is InChI=1S/C46H61N11O10/c1-5-65-28-35-55-40-41(32-12-8-9-13-33(32)54-42(40)48-4)57(35)29-46(2,3)67-25-23-50-45(64)66-27-30-16-18-31(19-17-30)52-43(62)34(14-11-22-49-44(47)63)53-37(59)26-51-36(58)15-7-6-10-24-56-38(60)20-21-39(56)61/h8-9,12-13,16-21,34H,5-7,10-11,14-15,22-29H2,1-4H3,(H,48,54)(H,50,64)(H,51,58)(H,52,62)(H,53,59)(H3,47,49,63)/t34-/m0/s1. The number of imide groups is 1. The molecule has 0 unspecified atom stereocenters. The Bertz CT molecular complexity index is 2400. The highest BCUT2D eigenvalue weighted by atomic mass is 16.5. The number of imidazole rings is 1. The minimum atomic E-state index is -1.01. The smallest absolute Gasteiger partial charge is 0.407 e. The molecule has 3 heterocycles. The van der Waals surface area contributed by atoms with Gasteiger partial charge in [-0.2, -0.15) is 0 Å². The van der Waals surface area contributed by atoms with Gasteiger partial charge in [0, 0.05) is 62.9 Å². The van der Waals surface area contributed by atoms with Crippen molar-refractivity contribution in [2.24, 2.45) is 5.73 Å². The minimum absolute atomic E-state index is 0.0459. The fraction of sp³-hybridized carbons (Fsp3) is 0.457. The maximum absolute atomic E-state index is 13.3. The summed E-state index contributed by atoms with van der Waals surface area (Å²) in [6.07, 6.45) is 4.02. The van der Waals surface area contributed by atoms with Crippen LogP contribution >= 0.6 is 0 Å². The van der Waals surface area contributed by atoms with E-state index in [4.69, 9.17) is 29.9 Å². The lowest BCUT2D eigenvalue weighted by molar-refractivity contribution is -0.137. The third kappa shape index (κ3) is 15.5. The molecule has 5 rings (SSSR count). The van der Waals surface area contributed by atoms with E-state index >= 15 is 0 Å². The van der Waals surface area contributed by atoms with Gasteiger partial charge in [-0.05, 0) is 70.2 Å². The summed E-state index contributed by atoms with van der Waals surface area (Å²) < 4.78 is 19.6. The summed E-state index contributed by atoms with van der Waals surface area (Å²) in [6.45, 7) is 7.59. The van der Waals surface area contributed by atoms with Gasteiger partial charge < -0.3 is 56.4 Å². The number of unbranched alkanes of at least 4 members (excludes halogenated alkanes) is 2. The summed E-state index contributed by atoms with van der Waals surface area (Å²) in [4.78, 5) is 96.4. The van der Waals surface area contributed by atoms with Crippen LogP contribution in [0, 0.1) is 0 Å². The lowest BCUT2D eigenvalue weighted by Crippen LogP contribution is -2.47. The average molecular weight is 928 g/mol. The highest BCUT2D eigenvalue weighted by Crippen LogP contribution is 2.32. The van der Waals surface area contributed by atoms with Crippen LogP contribution in [-0.4, -0.2) is 119 Å². The minimum Gasteiger partial charge on any atom is -0.445 e. The predicted molar refractivity (Wildman–Crippen MR) is 249 cm³/mol. The van der Waals surface area contributed by atoms with Crippen LogP contribution in [0.15, 0.2) is 60.7 Å². The third-order valence-corrected chi connectivity index (χ3v) is 10.6. The number of urea groups is 1. The zero-order valence-electron chi connectivity index (χ0n) is 38.4. The molecule has 1 atom stereocenters. The molecule has 1 aliphatic heterocycles. The summed E-state index contributed by atoms with van der Waals surface area (Å²) in [5.74, 6) is -0.792. The van der Waals surface area contributed by atoms with Crippen LogP contribution in [0.5, 0.6) is 0 Å². The number of para-hydroxylation sites is 1. The molecule has 8 N–H and O–H groups in total. The van der Waals surface area contributed by atoms with E-state index < -0.39 is 35.6 Å². The maximum Gasteiger partial charge on any atom is 0.407 e. The number of anilines is 2. The summed E-state index contributed by atoms with van der Waals surface area (Å²) in [5.41, 5.74) is 8.04. The molecule has 67 heavy (non-hydrogen) atoms. The molecular weight excluding hydrogens is 867 g/mol. The van der Waals surface area contributed by atoms with Crippen LogP contribution in [-0.2, 0) is 57.9 Å². The van der Waals surface area contributed by atoms with Crippen molar-refractivity contribution >= 4 is 75.1 Å². The normalized spacial score (nSPS) is 12.9.